The Balaban J connectivity index is 2.01. The quantitative estimate of drug-likeness (QED) is 0.190. The molecule has 0 aliphatic carbocycles. The Morgan fingerprint density at radius 3 is 2.04 bits per heavy atom. The molecule has 0 radical (unpaired) electrons. The van der Waals surface area contributed by atoms with Crippen molar-refractivity contribution < 1.29 is 14.3 Å². The minimum atomic E-state index is -0.741. The number of allylic oxidation sites excluding steroid dienone is 2. The van der Waals surface area contributed by atoms with E-state index in [1.807, 2.05) is 0 Å². The maximum Gasteiger partial charge on any atom is 0.350 e. The molecule has 0 amide bonds. The highest BCUT2D eigenvalue weighted by Crippen LogP contribution is 2.18. The first-order valence-corrected chi connectivity index (χ1v) is 11.1. The van der Waals surface area contributed by atoms with Crippen LogP contribution in [0.1, 0.15) is 113 Å². The summed E-state index contributed by atoms with van der Waals surface area (Å²) >= 11 is 0. The first kappa shape index (κ1) is 24.2. The van der Waals surface area contributed by atoms with E-state index in [-0.39, 0.29) is 23.5 Å². The summed E-state index contributed by atoms with van der Waals surface area (Å²) in [4.78, 5) is 23.8. The van der Waals surface area contributed by atoms with Gasteiger partial charge in [0.2, 0.25) is 0 Å². The van der Waals surface area contributed by atoms with Crippen LogP contribution >= 0.6 is 0 Å². The summed E-state index contributed by atoms with van der Waals surface area (Å²) in [6.07, 6.45) is 20.5. The number of aromatic hydroxyl groups is 1. The summed E-state index contributed by atoms with van der Waals surface area (Å²) in [5.74, 6) is -0.296. The van der Waals surface area contributed by atoms with E-state index in [2.05, 4.69) is 19.1 Å². The van der Waals surface area contributed by atoms with Crippen molar-refractivity contribution in [2.45, 2.75) is 104 Å². The average Bonchev–Trinajstić information content (AvgIpc) is 2.64. The van der Waals surface area contributed by atoms with E-state index < -0.39 is 5.63 Å². The van der Waals surface area contributed by atoms with Crippen LogP contribution in [0.5, 0.6) is 5.75 Å². The third kappa shape index (κ3) is 10.5. The van der Waals surface area contributed by atoms with Gasteiger partial charge in [0.25, 0.3) is 0 Å². The van der Waals surface area contributed by atoms with Crippen molar-refractivity contribution in [1.82, 2.24) is 0 Å². The van der Waals surface area contributed by atoms with Crippen LogP contribution in [0.4, 0.5) is 0 Å². The van der Waals surface area contributed by atoms with Gasteiger partial charge < -0.3 is 9.52 Å². The van der Waals surface area contributed by atoms with Crippen molar-refractivity contribution in [3.8, 4) is 5.75 Å². The minimum absolute atomic E-state index is 0.207. The Bertz CT molecular complexity index is 642. The maximum atomic E-state index is 12.1. The van der Waals surface area contributed by atoms with E-state index >= 15 is 0 Å². The minimum Gasteiger partial charge on any atom is -0.507 e. The van der Waals surface area contributed by atoms with Gasteiger partial charge in [-0.3, -0.25) is 4.79 Å². The predicted molar refractivity (Wildman–Crippen MR) is 115 cm³/mol. The monoisotopic (exact) mass is 390 g/mol. The lowest BCUT2D eigenvalue weighted by Crippen LogP contribution is -2.14. The van der Waals surface area contributed by atoms with Crippen molar-refractivity contribution in [3.63, 3.8) is 0 Å². The van der Waals surface area contributed by atoms with E-state index in [1.54, 1.807) is 6.92 Å². The summed E-state index contributed by atoms with van der Waals surface area (Å²) < 4.78 is 4.90. The van der Waals surface area contributed by atoms with Crippen molar-refractivity contribution >= 4 is 5.78 Å². The zero-order chi connectivity index (χ0) is 20.6. The lowest BCUT2D eigenvalue weighted by molar-refractivity contribution is 0.0972. The Hall–Kier alpha value is -1.84. The molecule has 0 unspecified atom stereocenters. The molecule has 1 heterocycles. The molecule has 1 aromatic heterocycles. The molecule has 0 aromatic carbocycles. The number of ketones is 1. The number of rotatable bonds is 16. The zero-order valence-electron chi connectivity index (χ0n) is 17.8. The molecule has 0 spiro atoms. The van der Waals surface area contributed by atoms with Crippen LogP contribution in [0.2, 0.25) is 0 Å². The molecule has 0 aliphatic heterocycles. The number of hydrogen-bond acceptors (Lipinski definition) is 4. The van der Waals surface area contributed by atoms with Crippen molar-refractivity contribution in [3.05, 3.63) is 40.0 Å². The second kappa shape index (κ2) is 15.1. The molecule has 158 valence electrons. The lowest BCUT2D eigenvalue weighted by atomic mass is 10.0. The molecule has 4 nitrogen and oxygen atoms in total. The van der Waals surface area contributed by atoms with E-state index in [1.165, 1.54) is 57.4 Å². The molecule has 1 rings (SSSR count). The zero-order valence-corrected chi connectivity index (χ0v) is 17.8. The van der Waals surface area contributed by atoms with E-state index in [4.69, 9.17) is 4.42 Å². The van der Waals surface area contributed by atoms with Crippen LogP contribution in [-0.4, -0.2) is 10.9 Å². The van der Waals surface area contributed by atoms with E-state index in [0.717, 1.165) is 32.1 Å². The Kier molecular flexibility index (Phi) is 13.1. The van der Waals surface area contributed by atoms with Crippen LogP contribution in [0, 0.1) is 6.92 Å². The van der Waals surface area contributed by atoms with Gasteiger partial charge in [-0.1, -0.05) is 70.4 Å². The van der Waals surface area contributed by atoms with Gasteiger partial charge in [-0.15, -0.1) is 0 Å². The molecule has 4 heteroatoms. The van der Waals surface area contributed by atoms with Crippen molar-refractivity contribution in [2.75, 3.05) is 0 Å². The van der Waals surface area contributed by atoms with Crippen LogP contribution in [-0.2, 0) is 0 Å². The number of hydrogen-bond donors (Lipinski definition) is 1. The SMILES string of the molecule is CCCCCCCC/C=C\CCCCCCCC(=O)c1c(O)cc(C)oc1=O. The highest BCUT2D eigenvalue weighted by molar-refractivity contribution is 5.97. The maximum absolute atomic E-state index is 12.1. The standard InChI is InChI=1S/C24H38O4/c1-3-4-5-6-7-8-9-10-11-12-13-14-15-16-17-18-21(25)23-22(26)19-20(2)28-24(23)27/h10-11,19,26H,3-9,12-18H2,1-2H3/b11-10-. The van der Waals surface area contributed by atoms with Gasteiger partial charge in [0.1, 0.15) is 17.1 Å². The number of aryl methyl sites for hydroxylation is 1. The summed E-state index contributed by atoms with van der Waals surface area (Å²) in [6.45, 7) is 3.82. The fourth-order valence-corrected chi connectivity index (χ4v) is 3.33. The summed E-state index contributed by atoms with van der Waals surface area (Å²) in [6, 6.07) is 1.31. The van der Waals surface area contributed by atoms with Crippen LogP contribution in [0.3, 0.4) is 0 Å². The number of Topliss-reactive ketones (excluding diaryl/α,β-unsaturated/α-hetero) is 1. The lowest BCUT2D eigenvalue weighted by Gasteiger charge is -2.03. The van der Waals surface area contributed by atoms with E-state index in [9.17, 15) is 14.7 Å². The van der Waals surface area contributed by atoms with Crippen molar-refractivity contribution in [1.29, 1.82) is 0 Å². The highest BCUT2D eigenvalue weighted by atomic mass is 16.4. The second-order valence-electron chi connectivity index (χ2n) is 7.66. The second-order valence-corrected chi connectivity index (χ2v) is 7.66. The summed E-state index contributed by atoms with van der Waals surface area (Å²) in [5.41, 5.74) is -0.948. The molecule has 0 saturated carbocycles. The molecule has 0 saturated heterocycles. The Morgan fingerprint density at radius 1 is 0.929 bits per heavy atom. The van der Waals surface area contributed by atoms with Crippen LogP contribution in [0.25, 0.3) is 0 Å². The van der Waals surface area contributed by atoms with Crippen molar-refractivity contribution in [2.24, 2.45) is 0 Å². The van der Waals surface area contributed by atoms with Crippen LogP contribution < -0.4 is 5.63 Å². The number of carbonyl (C=O) groups is 1. The molecule has 28 heavy (non-hydrogen) atoms. The molecule has 0 fully saturated rings. The molecular formula is C24H38O4. The van der Waals surface area contributed by atoms with Gasteiger partial charge in [0, 0.05) is 12.5 Å². The largest absolute Gasteiger partial charge is 0.507 e. The van der Waals surface area contributed by atoms with Gasteiger partial charge in [-0.25, -0.2) is 4.79 Å². The van der Waals surface area contributed by atoms with Gasteiger partial charge >= 0.3 is 5.63 Å². The highest BCUT2D eigenvalue weighted by Gasteiger charge is 2.17. The van der Waals surface area contributed by atoms with Gasteiger partial charge in [-0.2, -0.15) is 0 Å². The average molecular weight is 391 g/mol. The van der Waals surface area contributed by atoms with E-state index in [0.29, 0.717) is 5.76 Å². The van der Waals surface area contributed by atoms with Crippen LogP contribution in [0.15, 0.2) is 27.4 Å². The normalized spacial score (nSPS) is 11.4. The summed E-state index contributed by atoms with van der Waals surface area (Å²) in [7, 11) is 0. The fourth-order valence-electron chi connectivity index (χ4n) is 3.33. The van der Waals surface area contributed by atoms with Gasteiger partial charge in [-0.05, 0) is 39.0 Å². The topological polar surface area (TPSA) is 67.5 Å². The predicted octanol–water partition coefficient (Wildman–Crippen LogP) is 6.87. The third-order valence-corrected chi connectivity index (χ3v) is 5.00. The Morgan fingerprint density at radius 2 is 1.46 bits per heavy atom. The smallest absolute Gasteiger partial charge is 0.350 e. The summed E-state index contributed by atoms with van der Waals surface area (Å²) in [5, 5.41) is 9.78. The molecule has 0 bridgehead atoms. The molecular weight excluding hydrogens is 352 g/mol. The third-order valence-electron chi connectivity index (χ3n) is 5.00. The first-order chi connectivity index (χ1) is 13.6. The van der Waals surface area contributed by atoms with Gasteiger partial charge in [0.05, 0.1) is 0 Å². The molecule has 0 aliphatic rings. The number of carbonyl (C=O) groups excluding carboxylic acids is 1. The Labute approximate surface area is 170 Å². The van der Waals surface area contributed by atoms with Gasteiger partial charge in [0.15, 0.2) is 5.78 Å². The molecule has 0 atom stereocenters. The molecule has 1 aromatic rings. The fraction of sp³-hybridized carbons (Fsp3) is 0.667. The molecule has 1 N–H and O–H groups in total. The first-order valence-electron chi connectivity index (χ1n) is 11.1. The number of unbranched alkanes of at least 4 members (excludes halogenated alkanes) is 11.